The van der Waals surface area contributed by atoms with Crippen LogP contribution in [0.25, 0.3) is 11.1 Å². The van der Waals surface area contributed by atoms with Crippen molar-refractivity contribution in [2.75, 3.05) is 5.75 Å². The molecular weight excluding hydrogens is 694 g/mol. The second kappa shape index (κ2) is 16.2. The normalized spacial score (nSPS) is 13.3. The van der Waals surface area contributed by atoms with Gasteiger partial charge in [-0.2, -0.15) is 26.3 Å². The van der Waals surface area contributed by atoms with Crippen molar-refractivity contribution in [3.8, 4) is 11.1 Å². The van der Waals surface area contributed by atoms with Crippen molar-refractivity contribution in [1.82, 2.24) is 15.4 Å². The minimum absolute atomic E-state index is 0.00471. The van der Waals surface area contributed by atoms with Gasteiger partial charge in [-0.3, -0.25) is 19.8 Å². The summed E-state index contributed by atoms with van der Waals surface area (Å²) in [6, 6.07) is 9.66. The second-order valence-electron chi connectivity index (χ2n) is 11.2. The van der Waals surface area contributed by atoms with Crippen LogP contribution in [0.5, 0.6) is 0 Å². The lowest BCUT2D eigenvalue weighted by Gasteiger charge is -2.23. The van der Waals surface area contributed by atoms with Gasteiger partial charge in [0.15, 0.2) is 0 Å². The molecule has 50 heavy (non-hydrogen) atoms. The minimum atomic E-state index is -5.05. The Bertz CT molecular complexity index is 1780. The monoisotopic (exact) mass is 728 g/mol. The highest BCUT2D eigenvalue weighted by Gasteiger charge is 2.37. The molecule has 0 bridgehead atoms. The third-order valence-electron chi connectivity index (χ3n) is 7.38. The molecule has 0 saturated heterocycles. The Morgan fingerprint density at radius 2 is 1.32 bits per heavy atom. The van der Waals surface area contributed by atoms with Crippen molar-refractivity contribution < 1.29 is 49.1 Å². The number of amidine groups is 1. The van der Waals surface area contributed by atoms with Gasteiger partial charge < -0.3 is 22.1 Å². The summed E-state index contributed by atoms with van der Waals surface area (Å²) in [5, 5.41) is 12.5. The average molecular weight is 729 g/mol. The molecular formula is C32H34F6N6O5S. The lowest BCUT2D eigenvalue weighted by atomic mass is 9.97. The van der Waals surface area contributed by atoms with E-state index in [1.807, 2.05) is 0 Å². The SMILES string of the molecule is CCS(=O)(=O)NC(Cc1ccc(-c2cc(C(F)(F)F)cc(C(F)(F)F)c2)cc1)C(=O)NC(CCC(N)=O)C(=O)NCc1ccc(C(=N)N)cc1. The first-order valence-corrected chi connectivity index (χ1v) is 16.5. The summed E-state index contributed by atoms with van der Waals surface area (Å²) >= 11 is 0. The predicted octanol–water partition coefficient (Wildman–Crippen LogP) is 3.59. The maximum atomic E-state index is 13.4. The van der Waals surface area contributed by atoms with E-state index in [9.17, 15) is 49.1 Å². The first-order chi connectivity index (χ1) is 23.2. The quantitative estimate of drug-likeness (QED) is 0.0786. The first-order valence-electron chi connectivity index (χ1n) is 14.9. The van der Waals surface area contributed by atoms with Gasteiger partial charge in [0, 0.05) is 18.5 Å². The molecule has 0 radical (unpaired) electrons. The number of alkyl halides is 6. The molecule has 3 amide bonds. The zero-order valence-corrected chi connectivity index (χ0v) is 27.2. The summed E-state index contributed by atoms with van der Waals surface area (Å²) < 4.78 is 107. The first kappa shape index (κ1) is 39.5. The van der Waals surface area contributed by atoms with E-state index in [-0.39, 0.29) is 54.4 Å². The third kappa shape index (κ3) is 11.6. The molecule has 3 aromatic rings. The third-order valence-corrected chi connectivity index (χ3v) is 8.78. The van der Waals surface area contributed by atoms with Crippen LogP contribution in [0.2, 0.25) is 0 Å². The van der Waals surface area contributed by atoms with Crippen LogP contribution in [0.4, 0.5) is 26.3 Å². The summed E-state index contributed by atoms with van der Waals surface area (Å²) in [7, 11) is -4.03. The van der Waals surface area contributed by atoms with Crippen molar-refractivity contribution in [2.24, 2.45) is 11.5 Å². The molecule has 270 valence electrons. The number of carbonyl (C=O) groups is 3. The lowest BCUT2D eigenvalue weighted by molar-refractivity contribution is -0.143. The largest absolute Gasteiger partial charge is 0.416 e. The van der Waals surface area contributed by atoms with Crippen LogP contribution >= 0.6 is 0 Å². The fourth-order valence-corrected chi connectivity index (χ4v) is 5.41. The van der Waals surface area contributed by atoms with E-state index in [4.69, 9.17) is 16.9 Å². The van der Waals surface area contributed by atoms with E-state index in [2.05, 4.69) is 15.4 Å². The van der Waals surface area contributed by atoms with Gasteiger partial charge in [0.1, 0.15) is 17.9 Å². The number of nitrogens with one attached hydrogen (secondary N) is 4. The Labute approximate surface area is 283 Å². The number of nitrogens with two attached hydrogens (primary N) is 2. The van der Waals surface area contributed by atoms with Gasteiger partial charge in [0.2, 0.25) is 27.7 Å². The van der Waals surface area contributed by atoms with Gasteiger partial charge >= 0.3 is 12.4 Å². The van der Waals surface area contributed by atoms with Gasteiger partial charge in [0.05, 0.1) is 16.9 Å². The summed E-state index contributed by atoms with van der Waals surface area (Å²) in [6.45, 7) is 1.29. The van der Waals surface area contributed by atoms with Crippen LogP contribution in [0.1, 0.15) is 47.6 Å². The van der Waals surface area contributed by atoms with Crippen molar-refractivity contribution in [1.29, 1.82) is 5.41 Å². The maximum absolute atomic E-state index is 13.4. The van der Waals surface area contributed by atoms with E-state index in [0.717, 1.165) is 0 Å². The topological polar surface area (TPSA) is 197 Å². The Hall–Kier alpha value is -4.97. The molecule has 3 aromatic carbocycles. The van der Waals surface area contributed by atoms with Crippen molar-refractivity contribution >= 4 is 33.6 Å². The maximum Gasteiger partial charge on any atom is 0.416 e. The van der Waals surface area contributed by atoms with E-state index in [0.29, 0.717) is 23.3 Å². The number of primary amides is 1. The second-order valence-corrected chi connectivity index (χ2v) is 13.2. The Morgan fingerprint density at radius 3 is 1.80 bits per heavy atom. The average Bonchev–Trinajstić information content (AvgIpc) is 3.04. The molecule has 0 spiro atoms. The summed E-state index contributed by atoms with van der Waals surface area (Å²) in [5.41, 5.74) is 8.61. The predicted molar refractivity (Wildman–Crippen MR) is 172 cm³/mol. The highest BCUT2D eigenvalue weighted by molar-refractivity contribution is 7.89. The summed E-state index contributed by atoms with van der Waals surface area (Å²) in [5.74, 6) is -3.05. The van der Waals surface area contributed by atoms with Crippen LogP contribution in [0.3, 0.4) is 0 Å². The molecule has 0 saturated carbocycles. The van der Waals surface area contributed by atoms with Crippen LogP contribution in [0, 0.1) is 5.41 Å². The Kier molecular flexibility index (Phi) is 12.8. The van der Waals surface area contributed by atoms with E-state index in [1.54, 1.807) is 24.3 Å². The molecule has 3 rings (SSSR count). The van der Waals surface area contributed by atoms with Gasteiger partial charge in [0.25, 0.3) is 0 Å². The molecule has 0 aromatic heterocycles. The van der Waals surface area contributed by atoms with Crippen LogP contribution < -0.4 is 26.8 Å². The molecule has 0 aliphatic carbocycles. The van der Waals surface area contributed by atoms with Gasteiger partial charge in [-0.25, -0.2) is 13.1 Å². The lowest BCUT2D eigenvalue weighted by Crippen LogP contribution is -2.54. The number of nitrogen functional groups attached to an aromatic ring is 1. The highest BCUT2D eigenvalue weighted by atomic mass is 32.2. The molecule has 0 fully saturated rings. The zero-order chi connectivity index (χ0) is 37.4. The molecule has 11 nitrogen and oxygen atoms in total. The molecule has 0 aliphatic heterocycles. The molecule has 2 unspecified atom stereocenters. The zero-order valence-electron chi connectivity index (χ0n) is 26.4. The van der Waals surface area contributed by atoms with Gasteiger partial charge in [-0.1, -0.05) is 48.5 Å². The van der Waals surface area contributed by atoms with E-state index in [1.165, 1.54) is 31.2 Å². The molecule has 0 aliphatic rings. The van der Waals surface area contributed by atoms with Crippen molar-refractivity contribution in [2.45, 2.75) is 57.2 Å². The Morgan fingerprint density at radius 1 is 0.780 bits per heavy atom. The fourth-order valence-electron chi connectivity index (χ4n) is 4.62. The van der Waals surface area contributed by atoms with Crippen molar-refractivity contribution in [3.05, 3.63) is 94.5 Å². The number of hydrogen-bond acceptors (Lipinski definition) is 6. The summed E-state index contributed by atoms with van der Waals surface area (Å²) in [4.78, 5) is 38.0. The number of sulfonamides is 1. The number of rotatable bonds is 15. The minimum Gasteiger partial charge on any atom is -0.384 e. The van der Waals surface area contributed by atoms with E-state index < -0.39 is 69.1 Å². The number of benzene rings is 3. The standard InChI is InChI=1S/C32H34F6N6O5S/c1-2-50(48,49)44-26(13-18-3-7-20(8-4-18)22-14-23(31(33,34)35)16-24(15-22)32(36,37)38)30(47)43-25(11-12-27(39)45)29(46)42-17-19-5-9-21(10-6-19)28(40)41/h3-10,14-16,25-26,44H,2,11-13,17H2,1H3,(H2,39,45)(H3,40,41)(H,42,46)(H,43,47). The fraction of sp³-hybridized carbons (Fsp3) is 0.312. The Balaban J connectivity index is 1.85. The number of amides is 3. The van der Waals surface area contributed by atoms with E-state index >= 15 is 0 Å². The molecule has 0 heterocycles. The number of carbonyl (C=O) groups excluding carboxylic acids is 3. The number of hydrogen-bond donors (Lipinski definition) is 6. The van der Waals surface area contributed by atoms with Gasteiger partial charge in [-0.05, 0) is 60.2 Å². The van der Waals surface area contributed by atoms with Crippen LogP contribution in [-0.4, -0.2) is 49.8 Å². The van der Waals surface area contributed by atoms with Crippen LogP contribution in [0.15, 0.2) is 66.7 Å². The molecule has 2 atom stereocenters. The smallest absolute Gasteiger partial charge is 0.384 e. The number of halogens is 6. The molecule has 8 N–H and O–H groups in total. The highest BCUT2D eigenvalue weighted by Crippen LogP contribution is 2.38. The van der Waals surface area contributed by atoms with Crippen LogP contribution in [-0.2, 0) is 49.7 Å². The molecule has 18 heteroatoms. The van der Waals surface area contributed by atoms with Crippen molar-refractivity contribution in [3.63, 3.8) is 0 Å². The van der Waals surface area contributed by atoms with Gasteiger partial charge in [-0.15, -0.1) is 0 Å². The summed E-state index contributed by atoms with van der Waals surface area (Å²) in [6.07, 6.45) is -11.0.